The van der Waals surface area contributed by atoms with Gasteiger partial charge in [-0.25, -0.2) is 0 Å². The first-order chi connectivity index (χ1) is 8.74. The van der Waals surface area contributed by atoms with Crippen molar-refractivity contribution in [3.8, 4) is 0 Å². The fourth-order valence-electron chi connectivity index (χ4n) is 2.50. The Labute approximate surface area is 111 Å². The lowest BCUT2D eigenvalue weighted by Gasteiger charge is -2.16. The molecule has 1 atom stereocenters. The van der Waals surface area contributed by atoms with Crippen LogP contribution in [-0.4, -0.2) is 42.1 Å². The van der Waals surface area contributed by atoms with E-state index in [9.17, 15) is 0 Å². The number of hydrogen-bond acceptors (Lipinski definition) is 3. The Hall–Kier alpha value is -0.930. The van der Waals surface area contributed by atoms with Crippen LogP contribution in [0.5, 0.6) is 0 Å². The quantitative estimate of drug-likeness (QED) is 0.833. The van der Waals surface area contributed by atoms with E-state index in [0.717, 1.165) is 25.4 Å². The molecule has 2 rings (SSSR count). The minimum absolute atomic E-state index is 0.604. The molecule has 1 aromatic rings. The number of nitrogens with zero attached hydrogens (tertiary/aromatic N) is 2. The third-order valence-electron chi connectivity index (χ3n) is 3.60. The van der Waals surface area contributed by atoms with Crippen molar-refractivity contribution in [3.05, 3.63) is 30.1 Å². The van der Waals surface area contributed by atoms with E-state index in [-0.39, 0.29) is 0 Å². The highest BCUT2D eigenvalue weighted by atomic mass is 15.1. The average molecular weight is 247 g/mol. The van der Waals surface area contributed by atoms with Gasteiger partial charge in [-0.1, -0.05) is 19.9 Å². The third kappa shape index (κ3) is 4.39. The van der Waals surface area contributed by atoms with Gasteiger partial charge in [0.2, 0.25) is 0 Å². The Balaban J connectivity index is 1.67. The van der Waals surface area contributed by atoms with Crippen molar-refractivity contribution in [1.29, 1.82) is 0 Å². The zero-order valence-corrected chi connectivity index (χ0v) is 11.6. The van der Waals surface area contributed by atoms with Gasteiger partial charge in [-0.3, -0.25) is 4.98 Å². The van der Waals surface area contributed by atoms with Gasteiger partial charge in [0.05, 0.1) is 0 Å². The van der Waals surface area contributed by atoms with Gasteiger partial charge in [0.25, 0.3) is 0 Å². The zero-order valence-electron chi connectivity index (χ0n) is 11.6. The van der Waals surface area contributed by atoms with Gasteiger partial charge in [-0.05, 0) is 37.6 Å². The molecule has 0 aromatic carbocycles. The van der Waals surface area contributed by atoms with E-state index in [0.29, 0.717) is 6.04 Å². The van der Waals surface area contributed by atoms with Gasteiger partial charge >= 0.3 is 0 Å². The second-order valence-electron chi connectivity index (χ2n) is 5.59. The topological polar surface area (TPSA) is 28.2 Å². The summed E-state index contributed by atoms with van der Waals surface area (Å²) in [6.45, 7) is 9.23. The average Bonchev–Trinajstić information content (AvgIpc) is 2.83. The molecule has 0 amide bonds. The van der Waals surface area contributed by atoms with Crippen LogP contribution < -0.4 is 5.32 Å². The molecule has 1 aliphatic rings. The molecule has 0 saturated carbocycles. The van der Waals surface area contributed by atoms with Crippen LogP contribution >= 0.6 is 0 Å². The van der Waals surface area contributed by atoms with E-state index < -0.39 is 0 Å². The first-order valence-corrected chi connectivity index (χ1v) is 7.09. The van der Waals surface area contributed by atoms with Crippen molar-refractivity contribution < 1.29 is 0 Å². The van der Waals surface area contributed by atoms with E-state index in [4.69, 9.17) is 0 Å². The number of pyridine rings is 1. The summed E-state index contributed by atoms with van der Waals surface area (Å²) in [6, 6.07) is 6.77. The zero-order chi connectivity index (χ0) is 12.8. The van der Waals surface area contributed by atoms with Crippen molar-refractivity contribution in [2.45, 2.75) is 32.7 Å². The van der Waals surface area contributed by atoms with Crippen LogP contribution in [0.15, 0.2) is 24.4 Å². The third-order valence-corrected chi connectivity index (χ3v) is 3.60. The predicted molar refractivity (Wildman–Crippen MR) is 75.6 cm³/mol. The van der Waals surface area contributed by atoms with E-state index in [1.165, 1.54) is 25.2 Å². The number of rotatable bonds is 6. The number of likely N-dealkylation sites (tertiary alicyclic amines) is 1. The molecule has 3 heteroatoms. The van der Waals surface area contributed by atoms with Crippen molar-refractivity contribution in [2.75, 3.05) is 26.2 Å². The number of aromatic nitrogens is 1. The second-order valence-corrected chi connectivity index (χ2v) is 5.59. The van der Waals surface area contributed by atoms with Crippen LogP contribution in [0.4, 0.5) is 0 Å². The van der Waals surface area contributed by atoms with Gasteiger partial charge in [0.1, 0.15) is 0 Å². The van der Waals surface area contributed by atoms with E-state index in [1.54, 1.807) is 0 Å². The summed E-state index contributed by atoms with van der Waals surface area (Å²) in [5, 5.41) is 3.54. The molecule has 0 spiro atoms. The molecule has 3 nitrogen and oxygen atoms in total. The minimum atomic E-state index is 0.604. The normalized spacial score (nSPS) is 20.7. The molecule has 1 N–H and O–H groups in total. The van der Waals surface area contributed by atoms with Gasteiger partial charge in [0.15, 0.2) is 0 Å². The van der Waals surface area contributed by atoms with Crippen LogP contribution in [0, 0.1) is 5.92 Å². The lowest BCUT2D eigenvalue weighted by atomic mass is 10.1. The second kappa shape index (κ2) is 6.86. The molecule has 2 heterocycles. The van der Waals surface area contributed by atoms with Crippen molar-refractivity contribution in [3.63, 3.8) is 0 Å². The monoisotopic (exact) mass is 247 g/mol. The Morgan fingerprint density at radius 3 is 3.06 bits per heavy atom. The molecule has 18 heavy (non-hydrogen) atoms. The summed E-state index contributed by atoms with van der Waals surface area (Å²) in [5.74, 6) is 0.830. The number of hydrogen-bond donors (Lipinski definition) is 1. The highest BCUT2D eigenvalue weighted by Crippen LogP contribution is 2.15. The molecule has 0 aliphatic carbocycles. The van der Waals surface area contributed by atoms with Crippen molar-refractivity contribution in [1.82, 2.24) is 15.2 Å². The molecule has 1 aliphatic heterocycles. The van der Waals surface area contributed by atoms with Crippen LogP contribution in [0.1, 0.15) is 26.0 Å². The summed E-state index contributed by atoms with van der Waals surface area (Å²) in [4.78, 5) is 6.95. The van der Waals surface area contributed by atoms with E-state index in [1.807, 2.05) is 12.3 Å². The summed E-state index contributed by atoms with van der Waals surface area (Å²) in [7, 11) is 0. The molecule has 0 bridgehead atoms. The largest absolute Gasteiger partial charge is 0.314 e. The molecule has 0 radical (unpaired) electrons. The number of nitrogens with one attached hydrogen (secondary N) is 1. The van der Waals surface area contributed by atoms with Crippen LogP contribution in [0.2, 0.25) is 0 Å². The smallest absolute Gasteiger partial charge is 0.0416 e. The van der Waals surface area contributed by atoms with Gasteiger partial charge in [-0.2, -0.15) is 0 Å². The van der Waals surface area contributed by atoms with E-state index >= 15 is 0 Å². The van der Waals surface area contributed by atoms with Crippen LogP contribution in [-0.2, 0) is 6.42 Å². The molecular weight excluding hydrogens is 222 g/mol. The highest BCUT2D eigenvalue weighted by Gasteiger charge is 2.21. The lowest BCUT2D eigenvalue weighted by Crippen LogP contribution is -2.31. The fourth-order valence-corrected chi connectivity index (χ4v) is 2.50. The van der Waals surface area contributed by atoms with Gasteiger partial charge in [0, 0.05) is 37.4 Å². The minimum Gasteiger partial charge on any atom is -0.314 e. The van der Waals surface area contributed by atoms with Gasteiger partial charge in [-0.15, -0.1) is 0 Å². The standard InChI is InChI=1S/C15H25N3/c1-13(2)17-11-14-6-9-18(12-14)10-7-15-5-3-4-8-16-15/h3-5,8,13-14,17H,6-7,9-12H2,1-2H3. The highest BCUT2D eigenvalue weighted by molar-refractivity contribution is 5.03. The first kappa shape index (κ1) is 13.5. The summed E-state index contributed by atoms with van der Waals surface area (Å²) in [5.41, 5.74) is 1.21. The van der Waals surface area contributed by atoms with Crippen LogP contribution in [0.3, 0.4) is 0 Å². The lowest BCUT2D eigenvalue weighted by molar-refractivity contribution is 0.323. The molecule has 1 aromatic heterocycles. The van der Waals surface area contributed by atoms with Crippen molar-refractivity contribution >= 4 is 0 Å². The SMILES string of the molecule is CC(C)NCC1CCN(CCc2ccccn2)C1. The first-order valence-electron chi connectivity index (χ1n) is 7.09. The predicted octanol–water partition coefficient (Wildman–Crippen LogP) is 1.94. The Morgan fingerprint density at radius 2 is 2.33 bits per heavy atom. The fraction of sp³-hybridized carbons (Fsp3) is 0.667. The summed E-state index contributed by atoms with van der Waals surface area (Å²) in [6.07, 6.45) is 4.29. The Kier molecular flexibility index (Phi) is 5.14. The van der Waals surface area contributed by atoms with Crippen molar-refractivity contribution in [2.24, 2.45) is 5.92 Å². The summed E-state index contributed by atoms with van der Waals surface area (Å²) < 4.78 is 0. The van der Waals surface area contributed by atoms with Gasteiger partial charge < -0.3 is 10.2 Å². The molecular formula is C15H25N3. The molecule has 1 unspecified atom stereocenters. The van der Waals surface area contributed by atoms with E-state index in [2.05, 4.69) is 41.2 Å². The maximum absolute atomic E-state index is 4.38. The van der Waals surface area contributed by atoms with Crippen LogP contribution in [0.25, 0.3) is 0 Å². The maximum atomic E-state index is 4.38. The maximum Gasteiger partial charge on any atom is 0.0416 e. The molecule has 1 saturated heterocycles. The Morgan fingerprint density at radius 1 is 1.44 bits per heavy atom. The summed E-state index contributed by atoms with van der Waals surface area (Å²) >= 11 is 0. The Bertz CT molecular complexity index is 337. The molecule has 1 fully saturated rings. The molecule has 100 valence electrons.